The van der Waals surface area contributed by atoms with E-state index in [1.807, 2.05) is 0 Å². The molecule has 0 bridgehead atoms. The number of morpholine rings is 1. The van der Waals surface area contributed by atoms with Gasteiger partial charge in [-0.1, -0.05) is 0 Å². The van der Waals surface area contributed by atoms with Gasteiger partial charge in [-0.15, -0.1) is 0 Å². The molecule has 3 N–H and O–H groups in total. The summed E-state index contributed by atoms with van der Waals surface area (Å²) in [5, 5.41) is 9.12. The van der Waals surface area contributed by atoms with Gasteiger partial charge in [0.25, 0.3) is 0 Å². The normalized spacial score (nSPS) is 23.9. The molecule has 1 heterocycles. The highest BCUT2D eigenvalue weighted by Gasteiger charge is 2.37. The maximum atomic E-state index is 13.1. The molecule has 1 aromatic carbocycles. The fourth-order valence-corrected chi connectivity index (χ4v) is 2.29. The van der Waals surface area contributed by atoms with E-state index in [9.17, 15) is 13.2 Å². The number of halogens is 3. The van der Waals surface area contributed by atoms with Crippen LogP contribution in [0.1, 0.15) is 12.5 Å². The first-order valence-electron chi connectivity index (χ1n) is 6.28. The summed E-state index contributed by atoms with van der Waals surface area (Å²) in [4.78, 5) is 1.60. The molecule has 0 aromatic heterocycles. The molecular weight excluding hydrogens is 273 g/mol. The molecule has 4 nitrogen and oxygen atoms in total. The van der Waals surface area contributed by atoms with Gasteiger partial charge in [-0.3, -0.25) is 0 Å². The number of hydrogen-bond donors (Lipinski definition) is 2. The first kappa shape index (κ1) is 14.9. The van der Waals surface area contributed by atoms with Crippen LogP contribution in [-0.2, 0) is 10.9 Å². The second-order valence-corrected chi connectivity index (χ2v) is 4.91. The van der Waals surface area contributed by atoms with E-state index in [1.54, 1.807) is 11.8 Å². The molecule has 2 rings (SSSR count). The van der Waals surface area contributed by atoms with E-state index in [0.717, 1.165) is 6.07 Å². The molecule has 0 aliphatic carbocycles. The van der Waals surface area contributed by atoms with Crippen LogP contribution in [0.5, 0.6) is 0 Å². The second-order valence-electron chi connectivity index (χ2n) is 4.91. The van der Waals surface area contributed by atoms with Crippen LogP contribution in [0.25, 0.3) is 0 Å². The SMILES string of the molecule is CC1COC(CO)CN1c1ccc(N)cc1C(F)(F)F. The molecule has 1 aromatic rings. The Balaban J connectivity index is 2.40. The van der Waals surface area contributed by atoms with Gasteiger partial charge in [0.15, 0.2) is 0 Å². The fourth-order valence-electron chi connectivity index (χ4n) is 2.29. The Morgan fingerprint density at radius 1 is 1.45 bits per heavy atom. The first-order valence-corrected chi connectivity index (χ1v) is 6.28. The van der Waals surface area contributed by atoms with E-state index in [1.165, 1.54) is 12.1 Å². The van der Waals surface area contributed by atoms with E-state index in [4.69, 9.17) is 15.6 Å². The highest BCUT2D eigenvalue weighted by atomic mass is 19.4. The molecule has 1 aliphatic heterocycles. The maximum Gasteiger partial charge on any atom is 0.418 e. The van der Waals surface area contributed by atoms with Gasteiger partial charge in [-0.25, -0.2) is 0 Å². The number of benzene rings is 1. The largest absolute Gasteiger partial charge is 0.418 e. The van der Waals surface area contributed by atoms with Gasteiger partial charge in [-0.2, -0.15) is 13.2 Å². The van der Waals surface area contributed by atoms with Gasteiger partial charge in [0.2, 0.25) is 0 Å². The number of hydrogen-bond acceptors (Lipinski definition) is 4. The van der Waals surface area contributed by atoms with Crippen molar-refractivity contribution >= 4 is 11.4 Å². The number of anilines is 2. The lowest BCUT2D eigenvalue weighted by atomic mass is 10.1. The highest BCUT2D eigenvalue weighted by Crippen LogP contribution is 2.39. The lowest BCUT2D eigenvalue weighted by Gasteiger charge is -2.40. The van der Waals surface area contributed by atoms with Crippen molar-refractivity contribution in [3.05, 3.63) is 23.8 Å². The Kier molecular flexibility index (Phi) is 4.10. The monoisotopic (exact) mass is 290 g/mol. The van der Waals surface area contributed by atoms with Crippen molar-refractivity contribution in [2.24, 2.45) is 0 Å². The number of nitrogens with two attached hydrogens (primary N) is 1. The number of nitrogen functional groups attached to an aromatic ring is 1. The Bertz CT molecular complexity index is 479. The number of aliphatic hydroxyl groups is 1. The predicted molar refractivity (Wildman–Crippen MR) is 69.5 cm³/mol. The van der Waals surface area contributed by atoms with Gasteiger partial charge < -0.3 is 20.5 Å². The van der Waals surface area contributed by atoms with E-state index in [0.29, 0.717) is 0 Å². The lowest BCUT2D eigenvalue weighted by Crippen LogP contribution is -2.50. The Morgan fingerprint density at radius 2 is 2.15 bits per heavy atom. The summed E-state index contributed by atoms with van der Waals surface area (Å²) >= 11 is 0. The number of ether oxygens (including phenoxy) is 1. The van der Waals surface area contributed by atoms with E-state index in [-0.39, 0.29) is 37.2 Å². The third kappa shape index (κ3) is 2.99. The number of aliphatic hydroxyl groups excluding tert-OH is 1. The highest BCUT2D eigenvalue weighted by molar-refractivity contribution is 5.61. The van der Waals surface area contributed by atoms with Crippen LogP contribution in [0, 0.1) is 0 Å². The standard InChI is InChI=1S/C13H17F3N2O2/c1-8-7-20-10(6-19)5-18(8)12-3-2-9(17)4-11(12)13(14,15)16/h2-4,8,10,19H,5-7,17H2,1H3. The molecule has 20 heavy (non-hydrogen) atoms. The average Bonchev–Trinajstić information content (AvgIpc) is 2.38. The molecule has 2 unspecified atom stereocenters. The van der Waals surface area contributed by atoms with Crippen molar-refractivity contribution in [2.45, 2.75) is 25.2 Å². The molecular formula is C13H17F3N2O2. The summed E-state index contributed by atoms with van der Waals surface area (Å²) in [6.45, 7) is 2.04. The lowest BCUT2D eigenvalue weighted by molar-refractivity contribution is -0.137. The van der Waals surface area contributed by atoms with Gasteiger partial charge in [0.05, 0.1) is 24.9 Å². The van der Waals surface area contributed by atoms with Crippen LogP contribution in [0.15, 0.2) is 18.2 Å². The zero-order chi connectivity index (χ0) is 14.9. The maximum absolute atomic E-state index is 13.1. The molecule has 2 atom stereocenters. The predicted octanol–water partition coefficient (Wildman–Crippen LogP) is 1.87. The average molecular weight is 290 g/mol. The minimum absolute atomic E-state index is 0.0701. The molecule has 0 spiro atoms. The molecule has 7 heteroatoms. The second kappa shape index (κ2) is 5.49. The van der Waals surface area contributed by atoms with E-state index in [2.05, 4.69) is 0 Å². The Morgan fingerprint density at radius 3 is 2.75 bits per heavy atom. The Labute approximate surface area is 114 Å². The number of rotatable bonds is 2. The van der Waals surface area contributed by atoms with Crippen LogP contribution < -0.4 is 10.6 Å². The minimum Gasteiger partial charge on any atom is -0.399 e. The summed E-state index contributed by atoms with van der Waals surface area (Å²) in [6.07, 6.45) is -4.96. The smallest absolute Gasteiger partial charge is 0.399 e. The van der Waals surface area contributed by atoms with Crippen molar-refractivity contribution in [1.29, 1.82) is 0 Å². The summed E-state index contributed by atoms with van der Waals surface area (Å²) in [5.41, 5.74) is 4.84. The third-order valence-corrected chi connectivity index (χ3v) is 3.34. The van der Waals surface area contributed by atoms with Crippen molar-refractivity contribution in [1.82, 2.24) is 0 Å². The van der Waals surface area contributed by atoms with Crippen LogP contribution in [0.4, 0.5) is 24.5 Å². The van der Waals surface area contributed by atoms with Gasteiger partial charge in [-0.05, 0) is 25.1 Å². The first-order chi connectivity index (χ1) is 9.32. The molecule has 1 saturated heterocycles. The summed E-state index contributed by atoms with van der Waals surface area (Å²) < 4.78 is 44.7. The van der Waals surface area contributed by atoms with Crippen molar-refractivity contribution in [3.63, 3.8) is 0 Å². The minimum atomic E-state index is -4.47. The summed E-state index contributed by atoms with van der Waals surface area (Å²) in [7, 11) is 0. The molecule has 0 radical (unpaired) electrons. The zero-order valence-corrected chi connectivity index (χ0v) is 11.0. The van der Waals surface area contributed by atoms with Gasteiger partial charge in [0.1, 0.15) is 0 Å². The molecule has 1 aliphatic rings. The molecule has 0 amide bonds. The third-order valence-electron chi connectivity index (χ3n) is 3.34. The van der Waals surface area contributed by atoms with E-state index < -0.39 is 17.8 Å². The summed E-state index contributed by atoms with van der Waals surface area (Å²) in [5.74, 6) is 0. The van der Waals surface area contributed by atoms with Crippen molar-refractivity contribution in [2.75, 3.05) is 30.4 Å². The van der Waals surface area contributed by atoms with Gasteiger partial charge in [0, 0.05) is 24.0 Å². The van der Waals surface area contributed by atoms with E-state index >= 15 is 0 Å². The van der Waals surface area contributed by atoms with Crippen LogP contribution in [0.3, 0.4) is 0 Å². The quantitative estimate of drug-likeness (QED) is 0.816. The number of alkyl halides is 3. The number of nitrogens with zero attached hydrogens (tertiary/aromatic N) is 1. The fraction of sp³-hybridized carbons (Fsp3) is 0.538. The zero-order valence-electron chi connectivity index (χ0n) is 11.0. The van der Waals surface area contributed by atoms with Gasteiger partial charge >= 0.3 is 6.18 Å². The van der Waals surface area contributed by atoms with Crippen LogP contribution >= 0.6 is 0 Å². The van der Waals surface area contributed by atoms with Crippen molar-refractivity contribution in [3.8, 4) is 0 Å². The Hall–Kier alpha value is -1.47. The molecule has 112 valence electrons. The summed E-state index contributed by atoms with van der Waals surface area (Å²) in [6, 6.07) is 3.54. The van der Waals surface area contributed by atoms with Crippen LogP contribution in [0.2, 0.25) is 0 Å². The van der Waals surface area contributed by atoms with Crippen molar-refractivity contribution < 1.29 is 23.0 Å². The molecule has 1 fully saturated rings. The molecule has 0 saturated carbocycles. The topological polar surface area (TPSA) is 58.7 Å². The van der Waals surface area contributed by atoms with Crippen LogP contribution in [-0.4, -0.2) is 37.0 Å².